The van der Waals surface area contributed by atoms with Gasteiger partial charge in [-0.1, -0.05) is 47.6 Å². The SMILES string of the molecule is COc1ccc(C(=O)NCc2nnc(SCC(=O)N3CCc4ccccc43)n2-c2cccc(Cl)c2C)cc1. The average Bonchev–Trinajstić information content (AvgIpc) is 3.56. The van der Waals surface area contributed by atoms with E-state index in [9.17, 15) is 9.59 Å². The third kappa shape index (κ3) is 5.25. The molecule has 0 bridgehead atoms. The molecule has 38 heavy (non-hydrogen) atoms. The smallest absolute Gasteiger partial charge is 0.251 e. The summed E-state index contributed by atoms with van der Waals surface area (Å²) in [5.74, 6) is 1.16. The van der Waals surface area contributed by atoms with Gasteiger partial charge >= 0.3 is 0 Å². The first-order valence-electron chi connectivity index (χ1n) is 12.1. The van der Waals surface area contributed by atoms with Gasteiger partial charge in [-0.05, 0) is 66.9 Å². The zero-order valence-electron chi connectivity index (χ0n) is 21.0. The summed E-state index contributed by atoms with van der Waals surface area (Å²) in [5.41, 5.74) is 4.28. The average molecular weight is 548 g/mol. The number of hydrogen-bond acceptors (Lipinski definition) is 6. The molecule has 1 N–H and O–H groups in total. The van der Waals surface area contributed by atoms with Gasteiger partial charge in [-0.25, -0.2) is 0 Å². The first-order valence-corrected chi connectivity index (χ1v) is 13.5. The maximum absolute atomic E-state index is 13.1. The fraction of sp³-hybridized carbons (Fsp3) is 0.214. The van der Waals surface area contributed by atoms with Crippen molar-refractivity contribution in [3.05, 3.63) is 94.3 Å². The van der Waals surface area contributed by atoms with Gasteiger partial charge in [-0.2, -0.15) is 0 Å². The van der Waals surface area contributed by atoms with Crippen molar-refractivity contribution in [2.45, 2.75) is 25.0 Å². The second-order valence-electron chi connectivity index (χ2n) is 8.74. The van der Waals surface area contributed by atoms with Crippen LogP contribution in [0.3, 0.4) is 0 Å². The number of nitrogens with one attached hydrogen (secondary N) is 1. The number of fused-ring (bicyclic) bond motifs is 1. The second-order valence-corrected chi connectivity index (χ2v) is 10.1. The normalized spacial score (nSPS) is 12.3. The lowest BCUT2D eigenvalue weighted by atomic mass is 10.2. The molecule has 0 spiro atoms. The van der Waals surface area contributed by atoms with Crippen LogP contribution in [0.5, 0.6) is 5.75 Å². The molecule has 2 amide bonds. The molecule has 10 heteroatoms. The molecule has 2 heterocycles. The summed E-state index contributed by atoms with van der Waals surface area (Å²) in [6.07, 6.45) is 0.850. The summed E-state index contributed by atoms with van der Waals surface area (Å²) in [4.78, 5) is 27.7. The number of aromatic nitrogens is 3. The fourth-order valence-corrected chi connectivity index (χ4v) is 5.40. The highest BCUT2D eigenvalue weighted by Gasteiger charge is 2.25. The van der Waals surface area contributed by atoms with Gasteiger partial charge in [0, 0.05) is 22.8 Å². The van der Waals surface area contributed by atoms with E-state index in [1.807, 2.05) is 52.8 Å². The molecule has 0 aliphatic carbocycles. The van der Waals surface area contributed by atoms with E-state index in [4.69, 9.17) is 16.3 Å². The Balaban J connectivity index is 1.36. The van der Waals surface area contributed by atoms with Crippen molar-refractivity contribution in [3.63, 3.8) is 0 Å². The van der Waals surface area contributed by atoms with Crippen LogP contribution in [-0.4, -0.2) is 46.0 Å². The molecule has 0 saturated carbocycles. The summed E-state index contributed by atoms with van der Waals surface area (Å²) in [6, 6.07) is 20.4. The van der Waals surface area contributed by atoms with Gasteiger partial charge in [0.1, 0.15) is 5.75 Å². The largest absolute Gasteiger partial charge is 0.497 e. The summed E-state index contributed by atoms with van der Waals surface area (Å²) in [6.45, 7) is 2.72. The van der Waals surface area contributed by atoms with E-state index in [0.717, 1.165) is 23.4 Å². The van der Waals surface area contributed by atoms with E-state index in [-0.39, 0.29) is 24.1 Å². The van der Waals surface area contributed by atoms with Crippen molar-refractivity contribution >= 4 is 40.9 Å². The van der Waals surface area contributed by atoms with Crippen LogP contribution in [0.15, 0.2) is 71.9 Å². The predicted molar refractivity (Wildman–Crippen MR) is 148 cm³/mol. The highest BCUT2D eigenvalue weighted by atomic mass is 35.5. The number of para-hydroxylation sites is 1. The van der Waals surface area contributed by atoms with Gasteiger partial charge in [-0.3, -0.25) is 14.2 Å². The molecule has 0 saturated heterocycles. The van der Waals surface area contributed by atoms with E-state index in [2.05, 4.69) is 21.6 Å². The number of carbonyl (C=O) groups is 2. The lowest BCUT2D eigenvalue weighted by Gasteiger charge is -2.17. The summed E-state index contributed by atoms with van der Waals surface area (Å²) < 4.78 is 7.02. The Morgan fingerprint density at radius 2 is 1.79 bits per heavy atom. The van der Waals surface area contributed by atoms with Crippen molar-refractivity contribution in [2.75, 3.05) is 24.3 Å². The van der Waals surface area contributed by atoms with Crippen LogP contribution in [-0.2, 0) is 17.8 Å². The fourth-order valence-electron chi connectivity index (χ4n) is 4.39. The topological polar surface area (TPSA) is 89.3 Å². The molecule has 8 nitrogen and oxygen atoms in total. The number of amides is 2. The van der Waals surface area contributed by atoms with E-state index in [1.165, 1.54) is 17.3 Å². The monoisotopic (exact) mass is 547 g/mol. The Hall–Kier alpha value is -3.82. The van der Waals surface area contributed by atoms with Crippen molar-refractivity contribution in [2.24, 2.45) is 0 Å². The first-order chi connectivity index (χ1) is 18.5. The van der Waals surface area contributed by atoms with Gasteiger partial charge in [-0.15, -0.1) is 10.2 Å². The zero-order chi connectivity index (χ0) is 26.6. The lowest BCUT2D eigenvalue weighted by molar-refractivity contribution is -0.116. The maximum Gasteiger partial charge on any atom is 0.251 e. The van der Waals surface area contributed by atoms with Gasteiger partial charge < -0.3 is 15.0 Å². The Kier molecular flexibility index (Phi) is 7.67. The van der Waals surface area contributed by atoms with Crippen LogP contribution in [0.4, 0.5) is 5.69 Å². The van der Waals surface area contributed by atoms with E-state index < -0.39 is 0 Å². The van der Waals surface area contributed by atoms with Crippen LogP contribution < -0.4 is 15.0 Å². The lowest BCUT2D eigenvalue weighted by Crippen LogP contribution is -2.30. The van der Waals surface area contributed by atoms with Crippen molar-refractivity contribution in [3.8, 4) is 11.4 Å². The molecule has 0 atom stereocenters. The molecule has 194 valence electrons. The molecular weight excluding hydrogens is 522 g/mol. The minimum absolute atomic E-state index is 0.00618. The van der Waals surface area contributed by atoms with Crippen LogP contribution in [0.25, 0.3) is 5.69 Å². The van der Waals surface area contributed by atoms with Crippen LogP contribution in [0.1, 0.15) is 27.3 Å². The number of carbonyl (C=O) groups excluding carboxylic acids is 2. The highest BCUT2D eigenvalue weighted by molar-refractivity contribution is 7.99. The molecule has 3 aromatic carbocycles. The molecule has 5 rings (SSSR count). The molecule has 1 aliphatic heterocycles. The molecule has 0 radical (unpaired) electrons. The summed E-state index contributed by atoms with van der Waals surface area (Å²) in [5, 5.41) is 12.8. The first kappa shape index (κ1) is 25.8. The number of hydrogen-bond donors (Lipinski definition) is 1. The minimum atomic E-state index is -0.248. The Bertz CT molecular complexity index is 1490. The number of rotatable bonds is 8. The quantitative estimate of drug-likeness (QED) is 0.317. The molecular formula is C28H26ClN5O3S. The molecule has 0 fully saturated rings. The predicted octanol–water partition coefficient (Wildman–Crippen LogP) is 4.85. The van der Waals surface area contributed by atoms with Crippen LogP contribution in [0, 0.1) is 6.92 Å². The summed E-state index contributed by atoms with van der Waals surface area (Å²) >= 11 is 7.74. The van der Waals surface area contributed by atoms with Crippen molar-refractivity contribution in [1.82, 2.24) is 20.1 Å². The Labute approximate surface area is 230 Å². The number of methoxy groups -OCH3 is 1. The molecule has 4 aromatic rings. The van der Waals surface area contributed by atoms with Crippen molar-refractivity contribution in [1.29, 1.82) is 0 Å². The molecule has 0 unspecified atom stereocenters. The second kappa shape index (κ2) is 11.3. The zero-order valence-corrected chi connectivity index (χ0v) is 22.6. The highest BCUT2D eigenvalue weighted by Crippen LogP contribution is 2.31. The van der Waals surface area contributed by atoms with Crippen LogP contribution in [0.2, 0.25) is 5.02 Å². The Morgan fingerprint density at radius 1 is 1.03 bits per heavy atom. The number of nitrogens with zero attached hydrogens (tertiary/aromatic N) is 4. The standard InChI is InChI=1S/C28H26ClN5O3S/c1-18-22(29)7-5-9-23(18)34-25(16-30-27(36)20-10-12-21(37-2)13-11-20)31-32-28(34)38-17-26(35)33-15-14-19-6-3-4-8-24(19)33/h3-13H,14-17H2,1-2H3,(H,30,36). The van der Waals surface area contributed by atoms with Gasteiger partial charge in [0.25, 0.3) is 5.91 Å². The van der Waals surface area contributed by atoms with Crippen LogP contribution >= 0.6 is 23.4 Å². The van der Waals surface area contributed by atoms with E-state index in [0.29, 0.717) is 33.9 Å². The van der Waals surface area contributed by atoms with Gasteiger partial charge in [0.15, 0.2) is 11.0 Å². The number of thioether (sulfide) groups is 1. The summed E-state index contributed by atoms with van der Waals surface area (Å²) in [7, 11) is 1.58. The van der Waals surface area contributed by atoms with E-state index in [1.54, 1.807) is 31.4 Å². The minimum Gasteiger partial charge on any atom is -0.497 e. The van der Waals surface area contributed by atoms with Gasteiger partial charge in [0.2, 0.25) is 5.91 Å². The Morgan fingerprint density at radius 3 is 2.58 bits per heavy atom. The van der Waals surface area contributed by atoms with Crippen molar-refractivity contribution < 1.29 is 14.3 Å². The molecule has 1 aliphatic rings. The van der Waals surface area contributed by atoms with Gasteiger partial charge in [0.05, 0.1) is 25.1 Å². The third-order valence-electron chi connectivity index (χ3n) is 6.45. The maximum atomic E-state index is 13.1. The molecule has 1 aromatic heterocycles. The number of halogens is 1. The number of anilines is 1. The number of ether oxygens (including phenoxy) is 1. The number of benzene rings is 3. The van der Waals surface area contributed by atoms with E-state index >= 15 is 0 Å². The third-order valence-corrected chi connectivity index (χ3v) is 7.78.